The van der Waals surface area contributed by atoms with Gasteiger partial charge in [-0.3, -0.25) is 4.68 Å². The molecule has 1 aliphatic carbocycles. The van der Waals surface area contributed by atoms with Crippen molar-refractivity contribution in [3.05, 3.63) is 17.5 Å². The number of nitrogens with two attached hydrogens (primary N) is 1. The van der Waals surface area contributed by atoms with E-state index in [2.05, 4.69) is 12.0 Å². The van der Waals surface area contributed by atoms with E-state index in [1.54, 1.807) is 0 Å². The van der Waals surface area contributed by atoms with Crippen molar-refractivity contribution in [3.8, 4) is 0 Å². The summed E-state index contributed by atoms with van der Waals surface area (Å²) in [6.45, 7) is 2.05. The van der Waals surface area contributed by atoms with E-state index in [9.17, 15) is 0 Å². The average molecular weight is 193 g/mol. The van der Waals surface area contributed by atoms with Crippen LogP contribution in [0.5, 0.6) is 0 Å². The first-order chi connectivity index (χ1) is 6.68. The Kier molecular flexibility index (Phi) is 2.59. The Morgan fingerprint density at radius 1 is 1.64 bits per heavy atom. The van der Waals surface area contributed by atoms with Crippen LogP contribution in [0.1, 0.15) is 43.4 Å². The molecule has 1 heterocycles. The van der Waals surface area contributed by atoms with Gasteiger partial charge in [0.05, 0.1) is 6.20 Å². The van der Waals surface area contributed by atoms with Crippen LogP contribution in [-0.4, -0.2) is 15.8 Å². The van der Waals surface area contributed by atoms with Crippen LogP contribution in [0, 0.1) is 0 Å². The molecule has 0 spiro atoms. The third-order valence-electron chi connectivity index (χ3n) is 3.10. The molecule has 0 radical (unpaired) electrons. The van der Waals surface area contributed by atoms with Gasteiger partial charge in [-0.2, -0.15) is 5.10 Å². The predicted octanol–water partition coefficient (Wildman–Crippen LogP) is 1.58. The van der Waals surface area contributed by atoms with Gasteiger partial charge < -0.3 is 5.73 Å². The largest absolute Gasteiger partial charge is 0.328 e. The highest BCUT2D eigenvalue weighted by Gasteiger charge is 2.25. The number of aromatic nitrogens is 2. The normalized spacial score (nSPS) is 19.4. The highest BCUT2D eigenvalue weighted by atomic mass is 15.3. The summed E-state index contributed by atoms with van der Waals surface area (Å²) in [6, 6.07) is 0.234. The number of rotatable bonds is 3. The van der Waals surface area contributed by atoms with Crippen molar-refractivity contribution in [3.63, 3.8) is 0 Å². The summed E-state index contributed by atoms with van der Waals surface area (Å²) >= 11 is 0. The van der Waals surface area contributed by atoms with Crippen molar-refractivity contribution in [1.82, 2.24) is 9.78 Å². The Hall–Kier alpha value is -0.830. The minimum absolute atomic E-state index is 0.234. The molecule has 1 fully saturated rings. The van der Waals surface area contributed by atoms with Crippen LogP contribution in [0.3, 0.4) is 0 Å². The molecule has 0 aliphatic heterocycles. The zero-order valence-corrected chi connectivity index (χ0v) is 9.03. The van der Waals surface area contributed by atoms with Gasteiger partial charge in [0.25, 0.3) is 0 Å². The first-order valence-electron chi connectivity index (χ1n) is 5.45. The molecular weight excluding hydrogens is 174 g/mol. The lowest BCUT2D eigenvalue weighted by molar-refractivity contribution is 0.394. The summed E-state index contributed by atoms with van der Waals surface area (Å²) in [5.41, 5.74) is 8.60. The number of nitrogens with zero attached hydrogens (tertiary/aromatic N) is 2. The second kappa shape index (κ2) is 3.73. The van der Waals surface area contributed by atoms with Gasteiger partial charge in [-0.25, -0.2) is 0 Å². The van der Waals surface area contributed by atoms with E-state index in [4.69, 9.17) is 5.73 Å². The lowest BCUT2D eigenvalue weighted by Gasteiger charge is -2.27. The van der Waals surface area contributed by atoms with Gasteiger partial charge in [0.15, 0.2) is 0 Å². The summed E-state index contributed by atoms with van der Waals surface area (Å²) in [7, 11) is 2.04. The molecule has 1 aromatic rings. The molecule has 2 N–H and O–H groups in total. The lowest BCUT2D eigenvalue weighted by atomic mass is 9.81. The molecule has 0 bridgehead atoms. The molecule has 0 amide bonds. The molecule has 1 saturated carbocycles. The Morgan fingerprint density at radius 3 is 2.86 bits per heavy atom. The molecule has 2 rings (SSSR count). The fourth-order valence-corrected chi connectivity index (χ4v) is 2.20. The molecule has 78 valence electrons. The lowest BCUT2D eigenvalue weighted by Crippen LogP contribution is -2.21. The first kappa shape index (κ1) is 9.71. The second-order valence-corrected chi connectivity index (χ2v) is 4.49. The second-order valence-electron chi connectivity index (χ2n) is 4.49. The van der Waals surface area contributed by atoms with E-state index in [-0.39, 0.29) is 6.04 Å². The summed E-state index contributed by atoms with van der Waals surface area (Å²) in [5.74, 6) is 0.747. The third-order valence-corrected chi connectivity index (χ3v) is 3.10. The van der Waals surface area contributed by atoms with Crippen molar-refractivity contribution in [1.29, 1.82) is 0 Å². The van der Waals surface area contributed by atoms with Crippen LogP contribution in [0.2, 0.25) is 0 Å². The Morgan fingerprint density at radius 2 is 2.36 bits per heavy atom. The van der Waals surface area contributed by atoms with Gasteiger partial charge in [0, 0.05) is 24.7 Å². The summed E-state index contributed by atoms with van der Waals surface area (Å²) < 4.78 is 2.03. The average Bonchev–Trinajstić information content (AvgIpc) is 2.32. The predicted molar refractivity (Wildman–Crippen MR) is 57.2 cm³/mol. The highest BCUT2D eigenvalue weighted by Crippen LogP contribution is 2.37. The van der Waals surface area contributed by atoms with E-state index in [0.717, 1.165) is 12.3 Å². The maximum absolute atomic E-state index is 5.83. The van der Waals surface area contributed by atoms with E-state index in [1.165, 1.54) is 30.5 Å². The highest BCUT2D eigenvalue weighted by molar-refractivity contribution is 5.24. The molecule has 3 heteroatoms. The van der Waals surface area contributed by atoms with Gasteiger partial charge in [-0.05, 0) is 31.7 Å². The molecule has 0 aromatic carbocycles. The van der Waals surface area contributed by atoms with Gasteiger partial charge in [-0.1, -0.05) is 6.42 Å². The van der Waals surface area contributed by atoms with Gasteiger partial charge in [-0.15, -0.1) is 0 Å². The minimum atomic E-state index is 0.234. The molecule has 1 aliphatic rings. The summed E-state index contributed by atoms with van der Waals surface area (Å²) in [5, 5.41) is 4.33. The number of hydrogen-bond acceptors (Lipinski definition) is 2. The van der Waals surface area contributed by atoms with Crippen LogP contribution >= 0.6 is 0 Å². The van der Waals surface area contributed by atoms with Crippen molar-refractivity contribution in [2.45, 2.75) is 44.6 Å². The van der Waals surface area contributed by atoms with Crippen LogP contribution in [0.15, 0.2) is 6.20 Å². The third kappa shape index (κ3) is 1.69. The molecule has 1 atom stereocenters. The van der Waals surface area contributed by atoms with Crippen molar-refractivity contribution >= 4 is 0 Å². The maximum atomic E-state index is 5.83. The summed E-state index contributed by atoms with van der Waals surface area (Å²) in [4.78, 5) is 0. The Balaban J connectivity index is 2.21. The Bertz CT molecular complexity index is 310. The quantitative estimate of drug-likeness (QED) is 0.792. The number of aryl methyl sites for hydroxylation is 1. The fraction of sp³-hybridized carbons (Fsp3) is 0.727. The SMILES string of the molecule is CC(N)Cc1cnn(C)c1C1CCC1. The van der Waals surface area contributed by atoms with E-state index >= 15 is 0 Å². The van der Waals surface area contributed by atoms with Crippen LogP contribution in [0.4, 0.5) is 0 Å². The van der Waals surface area contributed by atoms with E-state index < -0.39 is 0 Å². The smallest absolute Gasteiger partial charge is 0.0525 e. The topological polar surface area (TPSA) is 43.8 Å². The maximum Gasteiger partial charge on any atom is 0.0525 e. The van der Waals surface area contributed by atoms with Gasteiger partial charge in [0.1, 0.15) is 0 Å². The molecule has 0 saturated heterocycles. The molecule has 3 nitrogen and oxygen atoms in total. The van der Waals surface area contributed by atoms with Gasteiger partial charge in [0.2, 0.25) is 0 Å². The van der Waals surface area contributed by atoms with E-state index in [1.807, 2.05) is 17.9 Å². The summed E-state index contributed by atoms with van der Waals surface area (Å²) in [6.07, 6.45) is 6.96. The van der Waals surface area contributed by atoms with Crippen molar-refractivity contribution in [2.75, 3.05) is 0 Å². The van der Waals surface area contributed by atoms with Crippen molar-refractivity contribution < 1.29 is 0 Å². The fourth-order valence-electron chi connectivity index (χ4n) is 2.20. The van der Waals surface area contributed by atoms with Crippen LogP contribution in [-0.2, 0) is 13.5 Å². The minimum Gasteiger partial charge on any atom is -0.328 e. The molecule has 1 unspecified atom stereocenters. The monoisotopic (exact) mass is 193 g/mol. The molecule has 14 heavy (non-hydrogen) atoms. The van der Waals surface area contributed by atoms with Crippen LogP contribution in [0.25, 0.3) is 0 Å². The first-order valence-corrected chi connectivity index (χ1v) is 5.45. The number of hydrogen-bond donors (Lipinski definition) is 1. The molecule has 1 aromatic heterocycles. The Labute approximate surface area is 85.3 Å². The molecular formula is C11H19N3. The standard InChI is InChI=1S/C11H19N3/c1-8(12)6-10-7-13-14(2)11(10)9-4-3-5-9/h7-9H,3-6,12H2,1-2H3. The van der Waals surface area contributed by atoms with Gasteiger partial charge >= 0.3 is 0 Å². The zero-order chi connectivity index (χ0) is 10.1. The van der Waals surface area contributed by atoms with Crippen molar-refractivity contribution in [2.24, 2.45) is 12.8 Å². The van der Waals surface area contributed by atoms with Crippen LogP contribution < -0.4 is 5.73 Å². The zero-order valence-electron chi connectivity index (χ0n) is 9.03. The van der Waals surface area contributed by atoms with E-state index in [0.29, 0.717) is 0 Å².